The molecule has 2 aliphatic rings. The Morgan fingerprint density at radius 1 is 1.08 bits per heavy atom. The van der Waals surface area contributed by atoms with Gasteiger partial charge >= 0.3 is 12.1 Å². The van der Waals surface area contributed by atoms with Crippen molar-refractivity contribution in [1.82, 2.24) is 24.6 Å². The van der Waals surface area contributed by atoms with Crippen LogP contribution >= 0.6 is 11.3 Å². The van der Waals surface area contributed by atoms with E-state index in [1.54, 1.807) is 11.3 Å². The second-order valence-electron chi connectivity index (χ2n) is 9.06. The number of benzene rings is 1. The number of piperidine rings is 1. The molecule has 192 valence electrons. The van der Waals surface area contributed by atoms with Crippen LogP contribution in [0.2, 0.25) is 0 Å². The van der Waals surface area contributed by atoms with Crippen LogP contribution in [0.4, 0.5) is 13.2 Å². The van der Waals surface area contributed by atoms with E-state index in [1.807, 2.05) is 36.1 Å². The molecule has 1 aromatic carbocycles. The van der Waals surface area contributed by atoms with E-state index >= 15 is 0 Å². The third kappa shape index (κ3) is 5.14. The van der Waals surface area contributed by atoms with Crippen LogP contribution in [-0.2, 0) is 16.9 Å². The number of rotatable bonds is 2. The molecule has 0 atom stereocenters. The molecule has 36 heavy (non-hydrogen) atoms. The number of carbonyl (C=O) groups excluding carboxylic acids is 1. The number of aliphatic carboxylic acids is 1. The molecule has 12 heteroatoms. The van der Waals surface area contributed by atoms with Crippen LogP contribution in [0.3, 0.4) is 0 Å². The van der Waals surface area contributed by atoms with Gasteiger partial charge < -0.3 is 14.6 Å². The van der Waals surface area contributed by atoms with Gasteiger partial charge in [-0.15, -0.1) is 21.5 Å². The van der Waals surface area contributed by atoms with Gasteiger partial charge in [0.15, 0.2) is 5.82 Å². The van der Waals surface area contributed by atoms with E-state index in [1.165, 1.54) is 0 Å². The fraction of sp³-hybridized carbons (Fsp3) is 0.417. The summed E-state index contributed by atoms with van der Waals surface area (Å²) in [6, 6.07) is 12.0. The van der Waals surface area contributed by atoms with Gasteiger partial charge in [0.05, 0.1) is 17.0 Å². The number of fused-ring (bicyclic) bond motifs is 2. The summed E-state index contributed by atoms with van der Waals surface area (Å²) < 4.78 is 34.1. The maximum atomic E-state index is 13.1. The van der Waals surface area contributed by atoms with E-state index in [9.17, 15) is 18.0 Å². The van der Waals surface area contributed by atoms with Crippen molar-refractivity contribution >= 4 is 23.2 Å². The predicted molar refractivity (Wildman–Crippen MR) is 128 cm³/mol. The van der Waals surface area contributed by atoms with Gasteiger partial charge in [-0.05, 0) is 49.9 Å². The molecule has 1 fully saturated rings. The van der Waals surface area contributed by atoms with E-state index in [0.29, 0.717) is 0 Å². The molecule has 2 aliphatic heterocycles. The lowest BCUT2D eigenvalue weighted by Crippen LogP contribution is -2.56. The molecule has 0 aliphatic carbocycles. The van der Waals surface area contributed by atoms with Crippen molar-refractivity contribution in [1.29, 1.82) is 0 Å². The van der Waals surface area contributed by atoms with Crippen LogP contribution in [0.5, 0.6) is 0 Å². The van der Waals surface area contributed by atoms with E-state index in [2.05, 4.69) is 44.2 Å². The van der Waals surface area contributed by atoms with Crippen molar-refractivity contribution < 1.29 is 27.9 Å². The molecule has 1 spiro atoms. The van der Waals surface area contributed by atoms with Gasteiger partial charge in [0.2, 0.25) is 0 Å². The zero-order valence-corrected chi connectivity index (χ0v) is 20.6. The fourth-order valence-electron chi connectivity index (χ4n) is 4.84. The summed E-state index contributed by atoms with van der Waals surface area (Å²) in [5, 5.41) is 18.3. The average Bonchev–Trinajstić information content (AvgIpc) is 3.49. The van der Waals surface area contributed by atoms with Crippen molar-refractivity contribution in [2.75, 3.05) is 26.7 Å². The standard InChI is InChI=1S/C22H25N5OS.C2HF3O2/c1-16-6-3-4-7-17(16)21(28)26-11-9-22(10-12-26)15-25(2)14-19-23-24-20(27(19)22)18-8-5-13-29-18;3-2(4,5)1(6)7/h3-8,13H,9-12,14-15H2,1-2H3;(H,6,7). The van der Waals surface area contributed by atoms with E-state index in [0.717, 1.165) is 66.7 Å². The number of carboxylic acids is 1. The lowest BCUT2D eigenvalue weighted by molar-refractivity contribution is -0.192. The zero-order chi connectivity index (χ0) is 26.1. The molecule has 1 N–H and O–H groups in total. The number of aromatic nitrogens is 3. The van der Waals surface area contributed by atoms with Gasteiger partial charge in [-0.1, -0.05) is 24.3 Å². The minimum Gasteiger partial charge on any atom is -0.475 e. The Morgan fingerprint density at radius 2 is 1.75 bits per heavy atom. The number of hydrogen-bond acceptors (Lipinski definition) is 6. The summed E-state index contributed by atoms with van der Waals surface area (Å²) in [7, 11) is 2.15. The SMILES string of the molecule is Cc1ccccc1C(=O)N1CCC2(CC1)CN(C)Cc1nnc(-c3cccs3)n12.O=C(O)C(F)(F)F. The van der Waals surface area contributed by atoms with Crippen LogP contribution < -0.4 is 0 Å². The lowest BCUT2D eigenvalue weighted by atomic mass is 9.84. The molecule has 4 heterocycles. The van der Waals surface area contributed by atoms with Crippen LogP contribution in [0.15, 0.2) is 41.8 Å². The number of carbonyl (C=O) groups is 2. The van der Waals surface area contributed by atoms with Gasteiger partial charge in [-0.2, -0.15) is 13.2 Å². The molecular weight excluding hydrogens is 495 g/mol. The van der Waals surface area contributed by atoms with Gasteiger partial charge in [-0.25, -0.2) is 4.79 Å². The van der Waals surface area contributed by atoms with Crippen molar-refractivity contribution in [2.24, 2.45) is 0 Å². The quantitative estimate of drug-likeness (QED) is 0.548. The number of halogens is 3. The monoisotopic (exact) mass is 521 g/mol. The third-order valence-electron chi connectivity index (χ3n) is 6.52. The summed E-state index contributed by atoms with van der Waals surface area (Å²) in [6.07, 6.45) is -3.25. The van der Waals surface area contributed by atoms with Crippen molar-refractivity contribution in [2.45, 2.75) is 38.0 Å². The number of likely N-dealkylation sites (N-methyl/N-ethyl adjacent to an activating group) is 1. The van der Waals surface area contributed by atoms with Gasteiger partial charge in [-0.3, -0.25) is 9.69 Å². The first-order chi connectivity index (χ1) is 17.0. The minimum absolute atomic E-state index is 0.0618. The molecule has 0 bridgehead atoms. The summed E-state index contributed by atoms with van der Waals surface area (Å²) in [5.41, 5.74) is 1.79. The second-order valence-corrected chi connectivity index (χ2v) is 10.0. The molecule has 1 amide bonds. The maximum Gasteiger partial charge on any atom is 0.490 e. The molecule has 3 aromatic rings. The van der Waals surface area contributed by atoms with Crippen molar-refractivity contribution in [3.63, 3.8) is 0 Å². The van der Waals surface area contributed by atoms with Gasteiger partial charge in [0.25, 0.3) is 5.91 Å². The highest BCUT2D eigenvalue weighted by atomic mass is 32.1. The van der Waals surface area contributed by atoms with Gasteiger partial charge in [0.1, 0.15) is 5.82 Å². The number of alkyl halides is 3. The number of thiophene rings is 1. The highest BCUT2D eigenvalue weighted by molar-refractivity contribution is 7.13. The molecule has 1 saturated heterocycles. The fourth-order valence-corrected chi connectivity index (χ4v) is 5.54. The maximum absolute atomic E-state index is 13.1. The van der Waals surface area contributed by atoms with E-state index in [4.69, 9.17) is 9.90 Å². The summed E-state index contributed by atoms with van der Waals surface area (Å²) in [5.74, 6) is -0.611. The third-order valence-corrected chi connectivity index (χ3v) is 7.39. The highest BCUT2D eigenvalue weighted by Crippen LogP contribution is 2.40. The molecule has 0 radical (unpaired) electrons. The number of nitrogens with zero attached hydrogens (tertiary/aromatic N) is 5. The molecule has 0 saturated carbocycles. The Balaban J connectivity index is 0.000000384. The Morgan fingerprint density at radius 3 is 2.33 bits per heavy atom. The first-order valence-corrected chi connectivity index (χ1v) is 12.2. The highest BCUT2D eigenvalue weighted by Gasteiger charge is 2.44. The number of likely N-dealkylation sites (tertiary alicyclic amines) is 1. The number of carboxylic acid groups (broad SMARTS) is 1. The first-order valence-electron chi connectivity index (χ1n) is 11.3. The average molecular weight is 522 g/mol. The van der Waals surface area contributed by atoms with E-state index < -0.39 is 12.1 Å². The summed E-state index contributed by atoms with van der Waals surface area (Å²) >= 11 is 1.70. The largest absolute Gasteiger partial charge is 0.490 e. The summed E-state index contributed by atoms with van der Waals surface area (Å²) in [4.78, 5) is 27.5. The van der Waals surface area contributed by atoms with Crippen LogP contribution in [0.25, 0.3) is 10.7 Å². The van der Waals surface area contributed by atoms with Crippen LogP contribution in [0, 0.1) is 6.92 Å². The summed E-state index contributed by atoms with van der Waals surface area (Å²) in [6.45, 7) is 5.28. The number of aryl methyl sites for hydroxylation is 1. The van der Waals surface area contributed by atoms with Crippen molar-refractivity contribution in [3.8, 4) is 10.7 Å². The number of amides is 1. The Hall–Kier alpha value is -3.25. The Kier molecular flexibility index (Phi) is 7.19. The molecular formula is C24H26F3N5O3S. The topological polar surface area (TPSA) is 91.6 Å². The van der Waals surface area contributed by atoms with Crippen LogP contribution in [0.1, 0.15) is 34.6 Å². The first kappa shape index (κ1) is 25.8. The van der Waals surface area contributed by atoms with Crippen LogP contribution in [-0.4, -0.2) is 74.4 Å². The van der Waals surface area contributed by atoms with E-state index in [-0.39, 0.29) is 11.4 Å². The molecule has 0 unspecified atom stereocenters. The second kappa shape index (κ2) is 10.0. The smallest absolute Gasteiger partial charge is 0.475 e. The van der Waals surface area contributed by atoms with Gasteiger partial charge in [0, 0.05) is 25.2 Å². The minimum atomic E-state index is -5.08. The normalized spacial score (nSPS) is 17.3. The molecule has 8 nitrogen and oxygen atoms in total. The van der Waals surface area contributed by atoms with Crippen molar-refractivity contribution in [3.05, 3.63) is 58.7 Å². The molecule has 5 rings (SSSR count). The number of hydrogen-bond donors (Lipinski definition) is 1. The Labute approximate surface area is 210 Å². The lowest BCUT2D eigenvalue weighted by Gasteiger charge is -2.48. The zero-order valence-electron chi connectivity index (χ0n) is 19.8. The Bertz CT molecular complexity index is 1230. The predicted octanol–water partition coefficient (Wildman–Crippen LogP) is 4.03. The molecule has 2 aromatic heterocycles.